The van der Waals surface area contributed by atoms with Crippen molar-refractivity contribution in [2.45, 2.75) is 37.5 Å². The van der Waals surface area contributed by atoms with E-state index in [1.54, 1.807) is 12.1 Å². The largest absolute Gasteiger partial charge is 0.384 e. The fraction of sp³-hybridized carbons (Fsp3) is 0.571. The molecule has 0 saturated heterocycles. The molecule has 0 amide bonds. The van der Waals surface area contributed by atoms with Crippen molar-refractivity contribution < 1.29 is 8.42 Å². The van der Waals surface area contributed by atoms with Crippen LogP contribution in [0.3, 0.4) is 0 Å². The Labute approximate surface area is 115 Å². The molecule has 2 N–H and O–H groups in total. The summed E-state index contributed by atoms with van der Waals surface area (Å²) in [5, 5.41) is 3.41. The lowest BCUT2D eigenvalue weighted by Crippen LogP contribution is -2.18. The van der Waals surface area contributed by atoms with E-state index < -0.39 is 10.0 Å². The first-order chi connectivity index (χ1) is 9.01. The Balaban J connectivity index is 1.96. The second-order valence-corrected chi connectivity index (χ2v) is 7.22. The summed E-state index contributed by atoms with van der Waals surface area (Å²) >= 11 is 0. The molecule has 0 radical (unpaired) electrons. The molecule has 0 unspecified atom stereocenters. The van der Waals surface area contributed by atoms with Crippen LogP contribution in [0.15, 0.2) is 29.2 Å². The first kappa shape index (κ1) is 14.3. The molecule has 4 nitrogen and oxygen atoms in total. The minimum Gasteiger partial charge on any atom is -0.384 e. The van der Waals surface area contributed by atoms with Gasteiger partial charge in [0.1, 0.15) is 0 Å². The van der Waals surface area contributed by atoms with E-state index in [9.17, 15) is 8.42 Å². The standard InChI is InChI=1S/C14H22N2O2S/c1-3-8-14(9-10-14)11-16-12-4-6-13(7-5-12)19(17,18)15-2/h4-7,15-16H,3,8-11H2,1-2H3. The molecule has 0 atom stereocenters. The lowest BCUT2D eigenvalue weighted by Gasteiger charge is -2.16. The van der Waals surface area contributed by atoms with Gasteiger partial charge in [0.05, 0.1) is 4.90 Å². The zero-order valence-corrected chi connectivity index (χ0v) is 12.4. The van der Waals surface area contributed by atoms with E-state index in [0.717, 1.165) is 12.2 Å². The predicted octanol–water partition coefficient (Wildman–Crippen LogP) is 2.59. The van der Waals surface area contributed by atoms with Crippen molar-refractivity contribution in [1.29, 1.82) is 0 Å². The van der Waals surface area contributed by atoms with E-state index in [0.29, 0.717) is 10.3 Å². The second kappa shape index (κ2) is 5.51. The molecular formula is C14H22N2O2S. The molecule has 19 heavy (non-hydrogen) atoms. The lowest BCUT2D eigenvalue weighted by atomic mass is 10.0. The minimum atomic E-state index is -3.33. The molecule has 0 aliphatic heterocycles. The number of hydrogen-bond acceptors (Lipinski definition) is 3. The lowest BCUT2D eigenvalue weighted by molar-refractivity contribution is 0.485. The third-order valence-electron chi connectivity index (χ3n) is 3.84. The number of rotatable bonds is 7. The Morgan fingerprint density at radius 3 is 2.32 bits per heavy atom. The van der Waals surface area contributed by atoms with Crippen LogP contribution in [-0.4, -0.2) is 22.0 Å². The van der Waals surface area contributed by atoms with Crippen molar-refractivity contribution in [3.63, 3.8) is 0 Å². The summed E-state index contributed by atoms with van der Waals surface area (Å²) in [6.45, 7) is 3.20. The molecule has 1 fully saturated rings. The zero-order chi connectivity index (χ0) is 13.9. The smallest absolute Gasteiger partial charge is 0.240 e. The normalized spacial score (nSPS) is 17.2. The fourth-order valence-electron chi connectivity index (χ4n) is 2.38. The summed E-state index contributed by atoms with van der Waals surface area (Å²) in [5.74, 6) is 0. The van der Waals surface area contributed by atoms with Crippen LogP contribution in [0.5, 0.6) is 0 Å². The molecule has 0 bridgehead atoms. The van der Waals surface area contributed by atoms with Crippen LogP contribution in [0.2, 0.25) is 0 Å². The highest BCUT2D eigenvalue weighted by atomic mass is 32.2. The van der Waals surface area contributed by atoms with Gasteiger partial charge in [-0.2, -0.15) is 0 Å². The van der Waals surface area contributed by atoms with Crippen LogP contribution in [0, 0.1) is 5.41 Å². The molecule has 5 heteroatoms. The first-order valence-corrected chi connectivity index (χ1v) is 8.27. The van der Waals surface area contributed by atoms with E-state index in [-0.39, 0.29) is 0 Å². The first-order valence-electron chi connectivity index (χ1n) is 6.79. The van der Waals surface area contributed by atoms with Crippen molar-refractivity contribution >= 4 is 15.7 Å². The average molecular weight is 282 g/mol. The Morgan fingerprint density at radius 1 is 1.21 bits per heavy atom. The van der Waals surface area contributed by atoms with Crippen molar-refractivity contribution in [2.75, 3.05) is 18.9 Å². The molecule has 0 aromatic heterocycles. The van der Waals surface area contributed by atoms with Crippen molar-refractivity contribution in [2.24, 2.45) is 5.41 Å². The van der Waals surface area contributed by atoms with Gasteiger partial charge in [0.2, 0.25) is 10.0 Å². The summed E-state index contributed by atoms with van der Waals surface area (Å²) in [5.41, 5.74) is 1.47. The van der Waals surface area contributed by atoms with E-state index in [1.165, 1.54) is 32.7 Å². The van der Waals surface area contributed by atoms with Gasteiger partial charge < -0.3 is 5.32 Å². The van der Waals surface area contributed by atoms with Gasteiger partial charge in [-0.1, -0.05) is 13.3 Å². The fourth-order valence-corrected chi connectivity index (χ4v) is 3.11. The third kappa shape index (κ3) is 3.48. The topological polar surface area (TPSA) is 58.2 Å². The number of sulfonamides is 1. The Morgan fingerprint density at radius 2 is 1.84 bits per heavy atom. The summed E-state index contributed by atoms with van der Waals surface area (Å²) in [6.07, 6.45) is 5.10. The average Bonchev–Trinajstić information content (AvgIpc) is 3.18. The van der Waals surface area contributed by atoms with E-state index in [2.05, 4.69) is 17.0 Å². The molecule has 0 spiro atoms. The van der Waals surface area contributed by atoms with E-state index in [4.69, 9.17) is 0 Å². The maximum absolute atomic E-state index is 11.6. The van der Waals surface area contributed by atoms with E-state index in [1.807, 2.05) is 12.1 Å². The highest BCUT2D eigenvalue weighted by Crippen LogP contribution is 2.49. The van der Waals surface area contributed by atoms with Gasteiger partial charge in [-0.15, -0.1) is 0 Å². The van der Waals surface area contributed by atoms with Crippen molar-refractivity contribution in [1.82, 2.24) is 4.72 Å². The van der Waals surface area contributed by atoms with Crippen molar-refractivity contribution in [3.8, 4) is 0 Å². The van der Waals surface area contributed by atoms with Gasteiger partial charge in [0.25, 0.3) is 0 Å². The highest BCUT2D eigenvalue weighted by molar-refractivity contribution is 7.89. The van der Waals surface area contributed by atoms with Gasteiger partial charge in [-0.05, 0) is 56.0 Å². The monoisotopic (exact) mass is 282 g/mol. The van der Waals surface area contributed by atoms with E-state index >= 15 is 0 Å². The molecule has 1 aliphatic carbocycles. The molecule has 106 valence electrons. The van der Waals surface area contributed by atoms with Gasteiger partial charge in [-0.3, -0.25) is 0 Å². The second-order valence-electron chi connectivity index (χ2n) is 5.34. The van der Waals surface area contributed by atoms with Crippen LogP contribution in [-0.2, 0) is 10.0 Å². The third-order valence-corrected chi connectivity index (χ3v) is 5.27. The Hall–Kier alpha value is -1.07. The molecule has 1 saturated carbocycles. The SMILES string of the molecule is CCCC1(CNc2ccc(S(=O)(=O)NC)cc2)CC1. The van der Waals surface area contributed by atoms with Crippen LogP contribution in [0.4, 0.5) is 5.69 Å². The molecule has 0 heterocycles. The maximum Gasteiger partial charge on any atom is 0.240 e. The molecule has 1 aliphatic rings. The van der Waals surface area contributed by atoms with Crippen LogP contribution in [0.25, 0.3) is 0 Å². The highest BCUT2D eigenvalue weighted by Gasteiger charge is 2.40. The molecular weight excluding hydrogens is 260 g/mol. The number of benzene rings is 1. The number of hydrogen-bond donors (Lipinski definition) is 2. The van der Waals surface area contributed by atoms with Gasteiger partial charge in [0, 0.05) is 12.2 Å². The van der Waals surface area contributed by atoms with Crippen LogP contribution < -0.4 is 10.0 Å². The Kier molecular flexibility index (Phi) is 4.16. The number of nitrogens with one attached hydrogen (secondary N) is 2. The number of anilines is 1. The van der Waals surface area contributed by atoms with Crippen LogP contribution >= 0.6 is 0 Å². The zero-order valence-electron chi connectivity index (χ0n) is 11.6. The summed E-state index contributed by atoms with van der Waals surface area (Å²) in [6, 6.07) is 6.92. The molecule has 1 aromatic carbocycles. The van der Waals surface area contributed by atoms with Gasteiger partial charge in [0.15, 0.2) is 0 Å². The minimum absolute atomic E-state index is 0.301. The molecule has 1 aromatic rings. The van der Waals surface area contributed by atoms with Gasteiger partial charge in [-0.25, -0.2) is 13.1 Å². The summed E-state index contributed by atoms with van der Waals surface area (Å²) in [4.78, 5) is 0.301. The summed E-state index contributed by atoms with van der Waals surface area (Å²) in [7, 11) is -1.91. The maximum atomic E-state index is 11.6. The van der Waals surface area contributed by atoms with Crippen LogP contribution in [0.1, 0.15) is 32.6 Å². The predicted molar refractivity (Wildman–Crippen MR) is 77.8 cm³/mol. The summed E-state index contributed by atoms with van der Waals surface area (Å²) < 4.78 is 25.5. The van der Waals surface area contributed by atoms with Gasteiger partial charge >= 0.3 is 0 Å². The quantitative estimate of drug-likeness (QED) is 0.808. The Bertz CT molecular complexity index is 519. The molecule has 2 rings (SSSR count). The van der Waals surface area contributed by atoms with Crippen molar-refractivity contribution in [3.05, 3.63) is 24.3 Å².